The van der Waals surface area contributed by atoms with Crippen LogP contribution in [0.15, 0.2) is 24.3 Å². The van der Waals surface area contributed by atoms with Crippen LogP contribution in [0.25, 0.3) is 0 Å². The van der Waals surface area contributed by atoms with E-state index in [2.05, 4.69) is 0 Å². The maximum Gasteiger partial charge on any atom is 0.214 e. The maximum atomic E-state index is 12.2. The van der Waals surface area contributed by atoms with Crippen molar-refractivity contribution in [2.24, 2.45) is 0 Å². The summed E-state index contributed by atoms with van der Waals surface area (Å²) in [7, 11) is -3.18. The molecule has 0 saturated heterocycles. The third kappa shape index (κ3) is 5.51. The number of benzene rings is 1. The Morgan fingerprint density at radius 2 is 2.00 bits per heavy atom. The van der Waals surface area contributed by atoms with Crippen molar-refractivity contribution in [3.8, 4) is 0 Å². The van der Waals surface area contributed by atoms with E-state index in [1.165, 1.54) is 4.31 Å². The Morgan fingerprint density at radius 3 is 2.58 bits per heavy atom. The number of nitrogens with zero attached hydrogens (tertiary/aromatic N) is 1. The van der Waals surface area contributed by atoms with Crippen LogP contribution in [0.5, 0.6) is 0 Å². The van der Waals surface area contributed by atoms with Gasteiger partial charge in [-0.3, -0.25) is 0 Å². The third-order valence-electron chi connectivity index (χ3n) is 2.97. The number of aryl methyl sites for hydroxylation is 1. The Bertz CT molecular complexity index is 488. The number of halogens is 1. The Hall–Kier alpha value is -0.580. The van der Waals surface area contributed by atoms with Crippen molar-refractivity contribution >= 4 is 21.6 Å². The maximum absolute atomic E-state index is 12.2. The van der Waals surface area contributed by atoms with Gasteiger partial charge in [0, 0.05) is 19.0 Å². The molecular weight excluding hydrogens is 282 g/mol. The van der Waals surface area contributed by atoms with Gasteiger partial charge in [0.05, 0.1) is 5.75 Å². The van der Waals surface area contributed by atoms with Crippen LogP contribution in [0.1, 0.15) is 30.9 Å². The molecule has 108 valence electrons. The third-order valence-corrected chi connectivity index (χ3v) is 5.22. The van der Waals surface area contributed by atoms with Crippen LogP contribution in [-0.2, 0) is 16.6 Å². The van der Waals surface area contributed by atoms with E-state index < -0.39 is 10.0 Å². The average Bonchev–Trinajstić information content (AvgIpc) is 2.36. The van der Waals surface area contributed by atoms with Crippen LogP contribution in [0.2, 0.25) is 0 Å². The van der Waals surface area contributed by atoms with Crippen LogP contribution in [0, 0.1) is 6.92 Å². The lowest BCUT2D eigenvalue weighted by atomic mass is 10.1. The summed E-state index contributed by atoms with van der Waals surface area (Å²) in [4.78, 5) is 0. The van der Waals surface area contributed by atoms with Gasteiger partial charge in [-0.15, -0.1) is 11.6 Å². The molecule has 0 spiro atoms. The van der Waals surface area contributed by atoms with E-state index in [-0.39, 0.29) is 5.75 Å². The second-order valence-corrected chi connectivity index (χ2v) is 7.09. The quantitative estimate of drug-likeness (QED) is 0.546. The fourth-order valence-corrected chi connectivity index (χ4v) is 3.68. The predicted molar refractivity (Wildman–Crippen MR) is 81.0 cm³/mol. The second-order valence-electron chi connectivity index (χ2n) is 4.63. The van der Waals surface area contributed by atoms with Crippen LogP contribution >= 0.6 is 11.6 Å². The minimum Gasteiger partial charge on any atom is -0.212 e. The van der Waals surface area contributed by atoms with Crippen LogP contribution < -0.4 is 0 Å². The van der Waals surface area contributed by atoms with Crippen molar-refractivity contribution in [2.75, 3.05) is 18.2 Å². The number of hydrogen-bond donors (Lipinski definition) is 0. The van der Waals surface area contributed by atoms with E-state index in [0.29, 0.717) is 25.4 Å². The van der Waals surface area contributed by atoms with E-state index >= 15 is 0 Å². The summed E-state index contributed by atoms with van der Waals surface area (Å²) in [6, 6.07) is 7.95. The number of unbranched alkanes of at least 4 members (excludes halogenated alkanes) is 1. The first-order valence-electron chi connectivity index (χ1n) is 6.59. The Kier molecular flexibility index (Phi) is 6.83. The summed E-state index contributed by atoms with van der Waals surface area (Å²) in [5, 5.41) is 0. The molecule has 0 atom stereocenters. The fraction of sp³-hybridized carbons (Fsp3) is 0.571. The summed E-state index contributed by atoms with van der Waals surface area (Å²) in [5.41, 5.74) is 2.18. The standard InChI is InChI=1S/C14H22ClNO2S/c1-3-16(19(17,18)10-5-4-9-15)12-14-8-6-7-13(2)11-14/h6-8,11H,3-5,9-10,12H2,1-2H3. The molecule has 0 aliphatic rings. The Morgan fingerprint density at radius 1 is 1.26 bits per heavy atom. The van der Waals surface area contributed by atoms with Gasteiger partial charge in [-0.1, -0.05) is 36.8 Å². The van der Waals surface area contributed by atoms with Crippen molar-refractivity contribution in [1.29, 1.82) is 0 Å². The molecule has 1 aromatic rings. The van der Waals surface area contributed by atoms with Gasteiger partial charge in [0.25, 0.3) is 0 Å². The van der Waals surface area contributed by atoms with Crippen LogP contribution in [0.4, 0.5) is 0 Å². The zero-order valence-electron chi connectivity index (χ0n) is 11.6. The summed E-state index contributed by atoms with van der Waals surface area (Å²) in [6.45, 7) is 4.82. The van der Waals surface area contributed by atoms with Crippen molar-refractivity contribution in [1.82, 2.24) is 4.31 Å². The zero-order valence-corrected chi connectivity index (χ0v) is 13.2. The van der Waals surface area contributed by atoms with Gasteiger partial charge >= 0.3 is 0 Å². The highest BCUT2D eigenvalue weighted by Gasteiger charge is 2.20. The van der Waals surface area contributed by atoms with Crippen molar-refractivity contribution in [3.63, 3.8) is 0 Å². The van der Waals surface area contributed by atoms with E-state index in [4.69, 9.17) is 11.6 Å². The molecule has 1 aromatic carbocycles. The van der Waals surface area contributed by atoms with Gasteiger partial charge in [-0.25, -0.2) is 8.42 Å². The largest absolute Gasteiger partial charge is 0.214 e. The van der Waals surface area contributed by atoms with Gasteiger partial charge in [0.2, 0.25) is 10.0 Å². The summed E-state index contributed by atoms with van der Waals surface area (Å²) >= 11 is 5.58. The molecule has 0 saturated carbocycles. The lowest BCUT2D eigenvalue weighted by Gasteiger charge is -2.20. The molecule has 3 nitrogen and oxygen atoms in total. The van der Waals surface area contributed by atoms with E-state index in [9.17, 15) is 8.42 Å². The SMILES string of the molecule is CCN(Cc1cccc(C)c1)S(=O)(=O)CCCCCl. The number of alkyl halides is 1. The molecule has 19 heavy (non-hydrogen) atoms. The van der Waals surface area contributed by atoms with Crippen molar-refractivity contribution < 1.29 is 8.42 Å². The molecule has 0 aromatic heterocycles. The molecular formula is C14H22ClNO2S. The number of rotatable bonds is 8. The van der Waals surface area contributed by atoms with Gasteiger partial charge < -0.3 is 0 Å². The molecule has 0 aliphatic heterocycles. The summed E-state index contributed by atoms with van der Waals surface area (Å²) in [6.07, 6.45) is 1.36. The van der Waals surface area contributed by atoms with Crippen LogP contribution in [-0.4, -0.2) is 30.9 Å². The molecule has 5 heteroatoms. The molecule has 0 unspecified atom stereocenters. The highest BCUT2D eigenvalue weighted by molar-refractivity contribution is 7.89. The predicted octanol–water partition coefficient (Wildman–Crippen LogP) is 3.17. The molecule has 1 rings (SSSR count). The monoisotopic (exact) mass is 303 g/mol. The Labute approximate surface area is 121 Å². The zero-order chi connectivity index (χ0) is 14.3. The first kappa shape index (κ1) is 16.5. The van der Waals surface area contributed by atoms with E-state index in [0.717, 1.165) is 17.5 Å². The fourth-order valence-electron chi connectivity index (χ4n) is 1.93. The van der Waals surface area contributed by atoms with Gasteiger partial charge in [-0.2, -0.15) is 4.31 Å². The molecule has 0 aliphatic carbocycles. The summed E-state index contributed by atoms with van der Waals surface area (Å²) < 4.78 is 26.0. The van der Waals surface area contributed by atoms with Crippen LogP contribution in [0.3, 0.4) is 0 Å². The molecule has 0 radical (unpaired) electrons. The second kappa shape index (κ2) is 7.88. The highest BCUT2D eigenvalue weighted by Crippen LogP contribution is 2.12. The van der Waals surface area contributed by atoms with E-state index in [1.54, 1.807) is 0 Å². The van der Waals surface area contributed by atoms with Gasteiger partial charge in [0.15, 0.2) is 0 Å². The molecule has 0 fully saturated rings. The minimum absolute atomic E-state index is 0.180. The van der Waals surface area contributed by atoms with Crippen molar-refractivity contribution in [3.05, 3.63) is 35.4 Å². The lowest BCUT2D eigenvalue weighted by molar-refractivity contribution is 0.422. The minimum atomic E-state index is -3.18. The average molecular weight is 304 g/mol. The van der Waals surface area contributed by atoms with Crippen molar-refractivity contribution in [2.45, 2.75) is 33.2 Å². The highest BCUT2D eigenvalue weighted by atomic mass is 35.5. The molecule has 0 bridgehead atoms. The number of sulfonamides is 1. The first-order chi connectivity index (χ1) is 8.99. The molecule has 0 amide bonds. The van der Waals surface area contributed by atoms with E-state index in [1.807, 2.05) is 38.1 Å². The lowest BCUT2D eigenvalue weighted by Crippen LogP contribution is -2.32. The topological polar surface area (TPSA) is 37.4 Å². The Balaban J connectivity index is 2.72. The molecule has 0 N–H and O–H groups in total. The number of hydrogen-bond acceptors (Lipinski definition) is 2. The smallest absolute Gasteiger partial charge is 0.212 e. The summed E-state index contributed by atoms with van der Waals surface area (Å²) in [5.74, 6) is 0.693. The van der Waals surface area contributed by atoms with Gasteiger partial charge in [-0.05, 0) is 25.3 Å². The normalized spacial score (nSPS) is 12.0. The van der Waals surface area contributed by atoms with Gasteiger partial charge in [0.1, 0.15) is 0 Å². The first-order valence-corrected chi connectivity index (χ1v) is 8.73. The molecule has 0 heterocycles.